The van der Waals surface area contributed by atoms with Crippen LogP contribution in [0.3, 0.4) is 0 Å². The molecule has 1 nitrogen and oxygen atoms in total. The molecular formula is C12H8FO. The van der Waals surface area contributed by atoms with Crippen LogP contribution in [-0.2, 0) is 5.11 Å². The van der Waals surface area contributed by atoms with Gasteiger partial charge in [-0.25, -0.2) is 4.39 Å². The first-order valence-corrected chi connectivity index (χ1v) is 4.30. The molecule has 2 rings (SSSR count). The molecule has 0 N–H and O–H groups in total. The van der Waals surface area contributed by atoms with Crippen molar-refractivity contribution < 1.29 is 9.50 Å². The number of benzene rings is 2. The largest absolute Gasteiger partial charge is 0.286 e. The Morgan fingerprint density at radius 3 is 2.29 bits per heavy atom. The zero-order chi connectivity index (χ0) is 9.97. The van der Waals surface area contributed by atoms with Gasteiger partial charge in [-0.1, -0.05) is 42.5 Å². The maximum absolute atomic E-state index is 13.0. The molecule has 0 saturated heterocycles. The summed E-state index contributed by atoms with van der Waals surface area (Å²) in [5, 5.41) is 11.4. The zero-order valence-corrected chi connectivity index (χ0v) is 7.41. The summed E-state index contributed by atoms with van der Waals surface area (Å²) >= 11 is 0. The Hall–Kier alpha value is -1.83. The van der Waals surface area contributed by atoms with Crippen molar-refractivity contribution >= 4 is 0 Å². The summed E-state index contributed by atoms with van der Waals surface area (Å²) in [5.74, 6) is -1.25. The van der Waals surface area contributed by atoms with Gasteiger partial charge >= 0.3 is 0 Å². The second kappa shape index (κ2) is 3.50. The molecular weight excluding hydrogens is 179 g/mol. The average Bonchev–Trinajstić information content (AvgIpc) is 2.23. The quantitative estimate of drug-likeness (QED) is 0.649. The van der Waals surface area contributed by atoms with Gasteiger partial charge < -0.3 is 0 Å². The van der Waals surface area contributed by atoms with Crippen LogP contribution in [0, 0.1) is 5.82 Å². The molecule has 2 aromatic carbocycles. The van der Waals surface area contributed by atoms with Gasteiger partial charge in [0.1, 0.15) is 0 Å². The van der Waals surface area contributed by atoms with Crippen LogP contribution in [0.15, 0.2) is 48.5 Å². The van der Waals surface area contributed by atoms with E-state index in [0.717, 1.165) is 5.56 Å². The van der Waals surface area contributed by atoms with Gasteiger partial charge in [-0.05, 0) is 11.6 Å². The maximum atomic E-state index is 13.0. The lowest BCUT2D eigenvalue weighted by Crippen LogP contribution is -1.80. The van der Waals surface area contributed by atoms with Gasteiger partial charge in [0.2, 0.25) is 5.75 Å². The van der Waals surface area contributed by atoms with Crippen LogP contribution in [-0.4, -0.2) is 0 Å². The molecule has 0 aromatic heterocycles. The molecule has 14 heavy (non-hydrogen) atoms. The SMILES string of the molecule is [O]c1c(F)cccc1-c1ccccc1. The topological polar surface area (TPSA) is 19.9 Å². The second-order valence-electron chi connectivity index (χ2n) is 2.98. The molecule has 0 bridgehead atoms. The van der Waals surface area contributed by atoms with E-state index in [4.69, 9.17) is 0 Å². The fourth-order valence-corrected chi connectivity index (χ4v) is 1.35. The molecule has 0 aliphatic rings. The van der Waals surface area contributed by atoms with Crippen LogP contribution in [0.2, 0.25) is 0 Å². The highest BCUT2D eigenvalue weighted by molar-refractivity contribution is 5.69. The van der Waals surface area contributed by atoms with E-state index >= 15 is 0 Å². The van der Waals surface area contributed by atoms with Crippen LogP contribution in [0.25, 0.3) is 11.1 Å². The normalized spacial score (nSPS) is 10.1. The smallest absolute Gasteiger partial charge is 0.221 e. The van der Waals surface area contributed by atoms with Crippen LogP contribution in [0.4, 0.5) is 4.39 Å². The molecule has 0 amide bonds. The lowest BCUT2D eigenvalue weighted by Gasteiger charge is -2.02. The summed E-state index contributed by atoms with van der Waals surface area (Å²) < 4.78 is 13.0. The molecule has 0 fully saturated rings. The number of rotatable bonds is 1. The van der Waals surface area contributed by atoms with E-state index in [1.807, 2.05) is 18.2 Å². The third kappa shape index (κ3) is 1.46. The van der Waals surface area contributed by atoms with Gasteiger partial charge in [0.15, 0.2) is 5.82 Å². The fourth-order valence-electron chi connectivity index (χ4n) is 1.35. The molecule has 0 atom stereocenters. The van der Waals surface area contributed by atoms with Crippen LogP contribution < -0.4 is 0 Å². The minimum Gasteiger partial charge on any atom is -0.286 e. The van der Waals surface area contributed by atoms with Crippen molar-refractivity contribution in [2.75, 3.05) is 0 Å². The first-order chi connectivity index (χ1) is 6.79. The fraction of sp³-hybridized carbons (Fsp3) is 0. The Balaban J connectivity index is 2.58. The lowest BCUT2D eigenvalue weighted by molar-refractivity contribution is 0.332. The number of hydrogen-bond donors (Lipinski definition) is 0. The van der Waals surface area contributed by atoms with Crippen molar-refractivity contribution in [2.45, 2.75) is 0 Å². The predicted molar refractivity (Wildman–Crippen MR) is 52.0 cm³/mol. The van der Waals surface area contributed by atoms with E-state index in [9.17, 15) is 9.50 Å². The van der Waals surface area contributed by atoms with Crippen LogP contribution >= 0.6 is 0 Å². The second-order valence-corrected chi connectivity index (χ2v) is 2.98. The Bertz CT molecular complexity index is 437. The summed E-state index contributed by atoms with van der Waals surface area (Å²) in [7, 11) is 0. The van der Waals surface area contributed by atoms with Gasteiger partial charge in [-0.3, -0.25) is 5.11 Å². The van der Waals surface area contributed by atoms with Crippen molar-refractivity contribution in [3.05, 3.63) is 54.3 Å². The minimum atomic E-state index is -0.702. The summed E-state index contributed by atoms with van der Waals surface area (Å²) in [4.78, 5) is 0. The van der Waals surface area contributed by atoms with E-state index < -0.39 is 11.6 Å². The van der Waals surface area contributed by atoms with Gasteiger partial charge in [0, 0.05) is 5.56 Å². The van der Waals surface area contributed by atoms with Crippen LogP contribution in [0.5, 0.6) is 5.75 Å². The van der Waals surface area contributed by atoms with Crippen molar-refractivity contribution in [1.29, 1.82) is 0 Å². The molecule has 0 aliphatic heterocycles. The van der Waals surface area contributed by atoms with Crippen molar-refractivity contribution in [3.8, 4) is 16.9 Å². The third-order valence-electron chi connectivity index (χ3n) is 2.05. The van der Waals surface area contributed by atoms with E-state index in [1.54, 1.807) is 24.3 Å². The van der Waals surface area contributed by atoms with Crippen LogP contribution in [0.1, 0.15) is 0 Å². The lowest BCUT2D eigenvalue weighted by atomic mass is 10.0. The number of para-hydroxylation sites is 1. The molecule has 1 radical (unpaired) electrons. The molecule has 0 saturated carbocycles. The first-order valence-electron chi connectivity index (χ1n) is 4.30. The average molecular weight is 187 g/mol. The molecule has 0 aliphatic carbocycles. The Labute approximate surface area is 81.4 Å². The molecule has 0 spiro atoms. The van der Waals surface area contributed by atoms with E-state index in [0.29, 0.717) is 5.56 Å². The molecule has 0 unspecified atom stereocenters. The van der Waals surface area contributed by atoms with Crippen molar-refractivity contribution in [2.24, 2.45) is 0 Å². The Kier molecular flexibility index (Phi) is 2.19. The minimum absolute atomic E-state index is 0.408. The van der Waals surface area contributed by atoms with Gasteiger partial charge in [-0.2, -0.15) is 0 Å². The standard InChI is InChI=1S/C12H8FO/c13-11-8-4-7-10(12(11)14)9-5-2-1-3-6-9/h1-8H. The molecule has 0 heterocycles. The summed E-state index contributed by atoms with van der Waals surface area (Å²) in [5.41, 5.74) is 1.16. The summed E-state index contributed by atoms with van der Waals surface area (Å²) in [6, 6.07) is 13.4. The summed E-state index contributed by atoms with van der Waals surface area (Å²) in [6.45, 7) is 0. The summed E-state index contributed by atoms with van der Waals surface area (Å²) in [6.07, 6.45) is 0. The zero-order valence-electron chi connectivity index (χ0n) is 7.41. The predicted octanol–water partition coefficient (Wildman–Crippen LogP) is 3.64. The molecule has 69 valence electrons. The third-order valence-corrected chi connectivity index (χ3v) is 2.05. The van der Waals surface area contributed by atoms with Gasteiger partial charge in [0.05, 0.1) is 0 Å². The maximum Gasteiger partial charge on any atom is 0.221 e. The number of hydrogen-bond acceptors (Lipinski definition) is 0. The van der Waals surface area contributed by atoms with Crippen molar-refractivity contribution in [1.82, 2.24) is 0 Å². The molecule has 2 aromatic rings. The first kappa shape index (κ1) is 8.75. The highest BCUT2D eigenvalue weighted by atomic mass is 19.1. The van der Waals surface area contributed by atoms with E-state index in [2.05, 4.69) is 0 Å². The van der Waals surface area contributed by atoms with Crippen molar-refractivity contribution in [3.63, 3.8) is 0 Å². The highest BCUT2D eigenvalue weighted by Gasteiger charge is 2.09. The Morgan fingerprint density at radius 2 is 1.57 bits per heavy atom. The van der Waals surface area contributed by atoms with Gasteiger partial charge in [0.25, 0.3) is 0 Å². The number of halogens is 1. The van der Waals surface area contributed by atoms with Gasteiger partial charge in [-0.15, -0.1) is 0 Å². The Morgan fingerprint density at radius 1 is 0.857 bits per heavy atom. The monoisotopic (exact) mass is 187 g/mol. The van der Waals surface area contributed by atoms with E-state index in [-0.39, 0.29) is 0 Å². The highest BCUT2D eigenvalue weighted by Crippen LogP contribution is 2.31. The van der Waals surface area contributed by atoms with E-state index in [1.165, 1.54) is 6.07 Å². The molecule has 2 heteroatoms.